The Kier molecular flexibility index (Phi) is 4.95. The quantitative estimate of drug-likeness (QED) is 0.848. The number of fused-ring (bicyclic) bond motifs is 1. The van der Waals surface area contributed by atoms with E-state index < -0.39 is 17.3 Å². The molecule has 2 aliphatic heterocycles. The van der Waals surface area contributed by atoms with E-state index in [2.05, 4.69) is 34.0 Å². The van der Waals surface area contributed by atoms with Crippen LogP contribution in [-0.4, -0.2) is 64.8 Å². The number of hydrogen-bond acceptors (Lipinski definition) is 6. The SMILES string of the molecule is Cc1cc(C(F)(F)F)c(C#N)c(NCC(=O)N2CCN3C(=NCC3(C)C)C2)n1. The van der Waals surface area contributed by atoms with Gasteiger partial charge in [-0.2, -0.15) is 18.4 Å². The van der Waals surface area contributed by atoms with E-state index in [4.69, 9.17) is 0 Å². The number of nitriles is 1. The van der Waals surface area contributed by atoms with E-state index in [1.807, 2.05) is 0 Å². The van der Waals surface area contributed by atoms with Gasteiger partial charge < -0.3 is 15.1 Å². The number of rotatable bonds is 3. The third-order valence-corrected chi connectivity index (χ3v) is 4.94. The van der Waals surface area contributed by atoms with E-state index in [0.717, 1.165) is 11.9 Å². The van der Waals surface area contributed by atoms with Crippen molar-refractivity contribution in [2.45, 2.75) is 32.5 Å². The lowest BCUT2D eigenvalue weighted by atomic mass is 10.0. The number of carbonyl (C=O) groups is 1. The van der Waals surface area contributed by atoms with Crippen molar-refractivity contribution in [2.24, 2.45) is 4.99 Å². The maximum atomic E-state index is 13.2. The predicted molar refractivity (Wildman–Crippen MR) is 96.8 cm³/mol. The molecule has 7 nitrogen and oxygen atoms in total. The summed E-state index contributed by atoms with van der Waals surface area (Å²) in [6, 6.07) is 2.37. The second-order valence-electron chi connectivity index (χ2n) is 7.51. The lowest BCUT2D eigenvalue weighted by Crippen LogP contribution is -2.57. The van der Waals surface area contributed by atoms with Crippen molar-refractivity contribution in [3.63, 3.8) is 0 Å². The molecular formula is C18H21F3N6O. The fourth-order valence-corrected chi connectivity index (χ4v) is 3.46. The number of alkyl halides is 3. The summed E-state index contributed by atoms with van der Waals surface area (Å²) in [5.74, 6) is 0.323. The summed E-state index contributed by atoms with van der Waals surface area (Å²) in [4.78, 5) is 24.8. The maximum absolute atomic E-state index is 13.2. The summed E-state index contributed by atoms with van der Waals surface area (Å²) in [6.45, 7) is 7.53. The minimum Gasteiger partial charge on any atom is -0.360 e. The second kappa shape index (κ2) is 6.96. The van der Waals surface area contributed by atoms with Crippen LogP contribution in [0.25, 0.3) is 0 Å². The second-order valence-corrected chi connectivity index (χ2v) is 7.51. The van der Waals surface area contributed by atoms with Crippen molar-refractivity contribution in [1.29, 1.82) is 5.26 Å². The number of carbonyl (C=O) groups excluding carboxylic acids is 1. The molecule has 0 radical (unpaired) electrons. The molecular weight excluding hydrogens is 373 g/mol. The molecule has 0 saturated carbocycles. The Bertz CT molecular complexity index is 871. The van der Waals surface area contributed by atoms with Gasteiger partial charge in [0.25, 0.3) is 0 Å². The highest BCUT2D eigenvalue weighted by Gasteiger charge is 2.39. The Hall–Kier alpha value is -2.83. The van der Waals surface area contributed by atoms with Gasteiger partial charge in [0.2, 0.25) is 5.91 Å². The number of hydrogen-bond donors (Lipinski definition) is 1. The number of amides is 1. The zero-order valence-electron chi connectivity index (χ0n) is 15.9. The van der Waals surface area contributed by atoms with Crippen LogP contribution in [0.15, 0.2) is 11.1 Å². The molecule has 0 atom stereocenters. The van der Waals surface area contributed by atoms with E-state index in [0.29, 0.717) is 26.2 Å². The third-order valence-electron chi connectivity index (χ3n) is 4.94. The number of nitrogens with zero attached hydrogens (tertiary/aromatic N) is 5. The lowest BCUT2D eigenvalue weighted by molar-refractivity contribution is -0.137. The summed E-state index contributed by atoms with van der Waals surface area (Å²) < 4.78 is 39.5. The first-order valence-electron chi connectivity index (χ1n) is 8.84. The molecule has 3 heterocycles. The van der Waals surface area contributed by atoms with Gasteiger partial charge in [-0.25, -0.2) is 4.98 Å². The highest BCUT2D eigenvalue weighted by atomic mass is 19.4. The molecule has 1 saturated heterocycles. The van der Waals surface area contributed by atoms with Crippen molar-refractivity contribution >= 4 is 17.6 Å². The number of nitrogens with one attached hydrogen (secondary N) is 1. The molecule has 150 valence electrons. The molecule has 1 aromatic heterocycles. The molecule has 1 amide bonds. The number of halogens is 3. The average Bonchev–Trinajstić information content (AvgIpc) is 2.93. The van der Waals surface area contributed by atoms with E-state index in [9.17, 15) is 23.2 Å². The Labute approximate surface area is 160 Å². The molecule has 0 aromatic carbocycles. The van der Waals surface area contributed by atoms with Gasteiger partial charge in [0.15, 0.2) is 0 Å². The van der Waals surface area contributed by atoms with Crippen LogP contribution < -0.4 is 5.32 Å². The van der Waals surface area contributed by atoms with E-state index in [-0.39, 0.29) is 29.5 Å². The zero-order valence-corrected chi connectivity index (χ0v) is 15.9. The fourth-order valence-electron chi connectivity index (χ4n) is 3.46. The maximum Gasteiger partial charge on any atom is 0.417 e. The average molecular weight is 394 g/mol. The van der Waals surface area contributed by atoms with Crippen LogP contribution >= 0.6 is 0 Å². The molecule has 28 heavy (non-hydrogen) atoms. The topological polar surface area (TPSA) is 84.6 Å². The van der Waals surface area contributed by atoms with Crippen molar-refractivity contribution in [1.82, 2.24) is 14.8 Å². The van der Waals surface area contributed by atoms with Gasteiger partial charge in [0.1, 0.15) is 23.3 Å². The number of aryl methyl sites for hydroxylation is 1. The number of aliphatic imine (C=N–C) groups is 1. The predicted octanol–water partition coefficient (Wildman–Crippen LogP) is 2.03. The molecule has 3 rings (SSSR count). The zero-order chi connectivity index (χ0) is 20.7. The van der Waals surface area contributed by atoms with Crippen LogP contribution in [0.1, 0.15) is 30.7 Å². The van der Waals surface area contributed by atoms with Gasteiger partial charge in [-0.3, -0.25) is 9.79 Å². The first kappa shape index (κ1) is 19.9. The molecule has 0 bridgehead atoms. The van der Waals surface area contributed by atoms with Crippen molar-refractivity contribution < 1.29 is 18.0 Å². The molecule has 0 unspecified atom stereocenters. The first-order valence-corrected chi connectivity index (χ1v) is 8.84. The number of piperazine rings is 1. The van der Waals surface area contributed by atoms with Crippen LogP contribution in [-0.2, 0) is 11.0 Å². The largest absolute Gasteiger partial charge is 0.417 e. The third kappa shape index (κ3) is 3.74. The molecule has 2 aliphatic rings. The smallest absolute Gasteiger partial charge is 0.360 e. The highest BCUT2D eigenvalue weighted by molar-refractivity contribution is 5.92. The minimum atomic E-state index is -4.68. The normalized spacial score (nSPS) is 18.4. The summed E-state index contributed by atoms with van der Waals surface area (Å²) >= 11 is 0. The summed E-state index contributed by atoms with van der Waals surface area (Å²) in [6.07, 6.45) is -4.68. The number of amidine groups is 1. The van der Waals surface area contributed by atoms with Crippen molar-refractivity contribution in [2.75, 3.05) is 38.0 Å². The number of pyridine rings is 1. The first-order chi connectivity index (χ1) is 13.0. The number of aromatic nitrogens is 1. The lowest BCUT2D eigenvalue weighted by Gasteiger charge is -2.41. The van der Waals surface area contributed by atoms with Gasteiger partial charge in [0.05, 0.1) is 30.7 Å². The van der Waals surface area contributed by atoms with Crippen LogP contribution in [0.5, 0.6) is 0 Å². The van der Waals surface area contributed by atoms with Gasteiger partial charge in [-0.1, -0.05) is 0 Å². The van der Waals surface area contributed by atoms with E-state index >= 15 is 0 Å². The summed E-state index contributed by atoms with van der Waals surface area (Å²) in [5, 5.41) is 11.8. The van der Waals surface area contributed by atoms with Gasteiger partial charge in [0, 0.05) is 18.8 Å². The molecule has 10 heteroatoms. The van der Waals surface area contributed by atoms with Gasteiger partial charge in [-0.15, -0.1) is 0 Å². The van der Waals surface area contributed by atoms with Crippen molar-refractivity contribution in [3.8, 4) is 6.07 Å². The Balaban J connectivity index is 1.71. The summed E-state index contributed by atoms with van der Waals surface area (Å²) in [7, 11) is 0. The van der Waals surface area contributed by atoms with E-state index in [1.54, 1.807) is 11.0 Å². The minimum absolute atomic E-state index is 0.0656. The Morgan fingerprint density at radius 3 is 2.75 bits per heavy atom. The highest BCUT2D eigenvalue weighted by Crippen LogP contribution is 2.34. The van der Waals surface area contributed by atoms with Crippen molar-refractivity contribution in [3.05, 3.63) is 22.9 Å². The molecule has 0 spiro atoms. The molecule has 1 N–H and O–H groups in total. The molecule has 0 aliphatic carbocycles. The van der Waals surface area contributed by atoms with Crippen LogP contribution in [0.4, 0.5) is 19.0 Å². The van der Waals surface area contributed by atoms with Gasteiger partial charge in [-0.05, 0) is 26.8 Å². The standard InChI is InChI=1S/C18H21F3N6O/c1-11-6-13(18(19,20)21)12(7-22)16(25-11)23-8-15(28)26-4-5-27-14(9-26)24-10-17(27,2)3/h6H,4-5,8-10H2,1-3H3,(H,23,25). The van der Waals surface area contributed by atoms with Crippen LogP contribution in [0, 0.1) is 18.3 Å². The fraction of sp³-hybridized carbons (Fsp3) is 0.556. The van der Waals surface area contributed by atoms with E-state index in [1.165, 1.54) is 6.92 Å². The number of anilines is 1. The Morgan fingerprint density at radius 1 is 1.39 bits per heavy atom. The van der Waals surface area contributed by atoms with Crippen LogP contribution in [0.2, 0.25) is 0 Å². The van der Waals surface area contributed by atoms with Crippen LogP contribution in [0.3, 0.4) is 0 Å². The molecule has 1 aromatic rings. The Morgan fingerprint density at radius 2 is 2.11 bits per heavy atom. The van der Waals surface area contributed by atoms with Gasteiger partial charge >= 0.3 is 6.18 Å². The molecule has 1 fully saturated rings. The monoisotopic (exact) mass is 394 g/mol. The summed E-state index contributed by atoms with van der Waals surface area (Å²) in [5.41, 5.74) is -1.63.